The zero-order chi connectivity index (χ0) is 13.7. The second kappa shape index (κ2) is 4.06. The van der Waals surface area contributed by atoms with Gasteiger partial charge in [0.2, 0.25) is 0 Å². The van der Waals surface area contributed by atoms with Crippen LogP contribution in [0.2, 0.25) is 0 Å². The molecule has 5 heteroatoms. The summed E-state index contributed by atoms with van der Waals surface area (Å²) >= 11 is 0. The van der Waals surface area contributed by atoms with Crippen LogP contribution in [0.4, 0.5) is 5.69 Å². The van der Waals surface area contributed by atoms with Gasteiger partial charge in [0.25, 0.3) is 5.56 Å². The van der Waals surface area contributed by atoms with Gasteiger partial charge in [0.1, 0.15) is 0 Å². The molecule has 0 atom stereocenters. The minimum absolute atomic E-state index is 0.0739. The molecule has 2 aliphatic rings. The van der Waals surface area contributed by atoms with Gasteiger partial charge in [-0.15, -0.1) is 0 Å². The lowest BCUT2D eigenvalue weighted by molar-refractivity contribution is -0.0730. The minimum Gasteiger partial charge on any atom is -0.381 e. The second-order valence-electron chi connectivity index (χ2n) is 6.05. The van der Waals surface area contributed by atoms with Crippen LogP contribution in [-0.2, 0) is 4.74 Å². The fourth-order valence-electron chi connectivity index (χ4n) is 3.61. The maximum absolute atomic E-state index is 11.8. The number of fused-ring (bicyclic) bond motifs is 1. The number of nitrogens with zero attached hydrogens (tertiary/aromatic N) is 2. The molecule has 5 nitrogen and oxygen atoms in total. The summed E-state index contributed by atoms with van der Waals surface area (Å²) in [7, 11) is 1.79. The number of hydrogen-bond donors (Lipinski definition) is 1. The Morgan fingerprint density at radius 2 is 2.15 bits per heavy atom. The van der Waals surface area contributed by atoms with Crippen molar-refractivity contribution in [2.24, 2.45) is 5.41 Å². The van der Waals surface area contributed by atoms with E-state index in [1.54, 1.807) is 19.5 Å². The molecule has 2 fully saturated rings. The molecule has 0 aromatic carbocycles. The van der Waals surface area contributed by atoms with Crippen LogP contribution in [0.25, 0.3) is 10.8 Å². The maximum Gasteiger partial charge on any atom is 0.257 e. The molecule has 3 heterocycles. The first kappa shape index (κ1) is 11.9. The number of hydrogen-bond acceptors (Lipinski definition) is 4. The number of nitrogens with one attached hydrogen (secondary N) is 1. The predicted molar refractivity (Wildman–Crippen MR) is 77.0 cm³/mol. The third kappa shape index (κ3) is 1.59. The molecule has 0 radical (unpaired) electrons. The molecule has 0 amide bonds. The lowest BCUT2D eigenvalue weighted by Gasteiger charge is -2.59. The number of pyridine rings is 2. The minimum atomic E-state index is -0.0739. The van der Waals surface area contributed by atoms with E-state index >= 15 is 0 Å². The zero-order valence-electron chi connectivity index (χ0n) is 11.4. The van der Waals surface area contributed by atoms with Gasteiger partial charge in [0.15, 0.2) is 0 Å². The summed E-state index contributed by atoms with van der Waals surface area (Å²) in [4.78, 5) is 21.0. The van der Waals surface area contributed by atoms with E-state index in [4.69, 9.17) is 4.74 Å². The Bertz CT molecular complexity index is 710. The number of rotatable bonds is 2. The first-order valence-electron chi connectivity index (χ1n) is 6.94. The summed E-state index contributed by atoms with van der Waals surface area (Å²) in [6.45, 7) is 2.08. The van der Waals surface area contributed by atoms with Crippen molar-refractivity contribution in [3.05, 3.63) is 35.0 Å². The molecule has 1 aliphatic heterocycles. The first-order chi connectivity index (χ1) is 9.71. The van der Waals surface area contributed by atoms with Crippen molar-refractivity contribution in [2.75, 3.05) is 25.1 Å². The lowest BCUT2D eigenvalue weighted by Crippen LogP contribution is -2.64. The zero-order valence-corrected chi connectivity index (χ0v) is 11.4. The smallest absolute Gasteiger partial charge is 0.257 e. The van der Waals surface area contributed by atoms with Gasteiger partial charge in [0.05, 0.1) is 23.4 Å². The summed E-state index contributed by atoms with van der Waals surface area (Å²) in [6.07, 6.45) is 7.94. The predicted octanol–water partition coefficient (Wildman–Crippen LogP) is 1.54. The molecule has 104 valence electrons. The quantitative estimate of drug-likeness (QED) is 0.900. The van der Waals surface area contributed by atoms with E-state index in [0.717, 1.165) is 37.0 Å². The standard InChI is InChI=1S/C15H17N3O2/c1-20-10-4-15(5-10)8-18(9-15)13-7-16-6-12-11(13)2-3-17-14(12)19/h2-3,6-7,10H,4-5,8-9H2,1H3,(H,17,19). The highest BCUT2D eigenvalue weighted by molar-refractivity contribution is 5.92. The highest BCUT2D eigenvalue weighted by atomic mass is 16.5. The second-order valence-corrected chi connectivity index (χ2v) is 6.05. The molecule has 1 saturated carbocycles. The van der Waals surface area contributed by atoms with Crippen LogP contribution in [0.5, 0.6) is 0 Å². The van der Waals surface area contributed by atoms with Crippen LogP contribution < -0.4 is 10.5 Å². The van der Waals surface area contributed by atoms with Crippen LogP contribution >= 0.6 is 0 Å². The molecule has 1 spiro atoms. The van der Waals surface area contributed by atoms with Gasteiger partial charge in [-0.3, -0.25) is 9.78 Å². The van der Waals surface area contributed by atoms with Gasteiger partial charge in [-0.1, -0.05) is 0 Å². The van der Waals surface area contributed by atoms with Crippen LogP contribution in [0, 0.1) is 5.41 Å². The van der Waals surface area contributed by atoms with Crippen LogP contribution in [-0.4, -0.2) is 36.3 Å². The first-order valence-corrected chi connectivity index (χ1v) is 6.94. The van der Waals surface area contributed by atoms with E-state index in [0.29, 0.717) is 16.9 Å². The average Bonchev–Trinajstić information content (AvgIpc) is 2.37. The molecule has 4 rings (SSSR count). The van der Waals surface area contributed by atoms with Crippen molar-refractivity contribution in [3.8, 4) is 0 Å². The van der Waals surface area contributed by atoms with E-state index in [9.17, 15) is 4.79 Å². The molecule has 1 N–H and O–H groups in total. The van der Waals surface area contributed by atoms with Crippen molar-refractivity contribution in [3.63, 3.8) is 0 Å². The molecular weight excluding hydrogens is 254 g/mol. The van der Waals surface area contributed by atoms with Gasteiger partial charge in [-0.25, -0.2) is 0 Å². The Hall–Kier alpha value is -1.88. The van der Waals surface area contributed by atoms with Gasteiger partial charge in [-0.2, -0.15) is 0 Å². The third-order valence-corrected chi connectivity index (χ3v) is 4.72. The van der Waals surface area contributed by atoms with E-state index in [2.05, 4.69) is 14.9 Å². The maximum atomic E-state index is 11.8. The van der Waals surface area contributed by atoms with E-state index < -0.39 is 0 Å². The largest absolute Gasteiger partial charge is 0.381 e. The SMILES string of the molecule is COC1CC2(C1)CN(c1cncc3c(=O)[nH]ccc13)C2. The van der Waals surface area contributed by atoms with Crippen molar-refractivity contribution in [1.82, 2.24) is 9.97 Å². The van der Waals surface area contributed by atoms with Crippen LogP contribution in [0.3, 0.4) is 0 Å². The molecule has 0 bridgehead atoms. The number of ether oxygens (including phenoxy) is 1. The lowest BCUT2D eigenvalue weighted by atomic mass is 9.61. The monoisotopic (exact) mass is 271 g/mol. The topological polar surface area (TPSA) is 58.2 Å². The fraction of sp³-hybridized carbons (Fsp3) is 0.467. The Balaban J connectivity index is 1.62. The van der Waals surface area contributed by atoms with Crippen LogP contribution in [0.15, 0.2) is 29.5 Å². The summed E-state index contributed by atoms with van der Waals surface area (Å²) < 4.78 is 5.37. The average molecular weight is 271 g/mol. The molecule has 1 aliphatic carbocycles. The number of aromatic nitrogens is 2. The number of anilines is 1. The molecule has 0 unspecified atom stereocenters. The van der Waals surface area contributed by atoms with Crippen molar-refractivity contribution in [2.45, 2.75) is 18.9 Å². The highest BCUT2D eigenvalue weighted by Gasteiger charge is 2.52. The fourth-order valence-corrected chi connectivity index (χ4v) is 3.61. The normalized spacial score (nSPS) is 20.9. The van der Waals surface area contributed by atoms with Gasteiger partial charge in [0, 0.05) is 43.4 Å². The molecule has 20 heavy (non-hydrogen) atoms. The molecular formula is C15H17N3O2. The van der Waals surface area contributed by atoms with Crippen molar-refractivity contribution in [1.29, 1.82) is 0 Å². The number of aromatic amines is 1. The van der Waals surface area contributed by atoms with Gasteiger partial charge in [-0.05, 0) is 18.9 Å². The Morgan fingerprint density at radius 3 is 2.90 bits per heavy atom. The number of methoxy groups -OCH3 is 1. The van der Waals surface area contributed by atoms with Gasteiger partial charge >= 0.3 is 0 Å². The van der Waals surface area contributed by atoms with Gasteiger partial charge < -0.3 is 14.6 Å². The van der Waals surface area contributed by atoms with E-state index in [1.165, 1.54) is 0 Å². The Labute approximate surface area is 116 Å². The van der Waals surface area contributed by atoms with E-state index in [1.807, 2.05) is 12.3 Å². The summed E-state index contributed by atoms with van der Waals surface area (Å²) in [5.74, 6) is 0. The van der Waals surface area contributed by atoms with Crippen LogP contribution in [0.1, 0.15) is 12.8 Å². The molecule has 2 aromatic rings. The Kier molecular flexibility index (Phi) is 2.41. The van der Waals surface area contributed by atoms with Crippen molar-refractivity contribution >= 4 is 16.5 Å². The number of H-pyrrole nitrogens is 1. The molecule has 1 saturated heterocycles. The summed E-state index contributed by atoms with van der Waals surface area (Å²) in [5.41, 5.74) is 1.43. The molecule has 2 aromatic heterocycles. The summed E-state index contributed by atoms with van der Waals surface area (Å²) in [5, 5.41) is 1.65. The summed E-state index contributed by atoms with van der Waals surface area (Å²) in [6, 6.07) is 1.96. The third-order valence-electron chi connectivity index (χ3n) is 4.72. The van der Waals surface area contributed by atoms with Crippen molar-refractivity contribution < 1.29 is 4.74 Å². The van der Waals surface area contributed by atoms with E-state index in [-0.39, 0.29) is 5.56 Å². The highest BCUT2D eigenvalue weighted by Crippen LogP contribution is 2.51. The Morgan fingerprint density at radius 1 is 1.35 bits per heavy atom.